The van der Waals surface area contributed by atoms with Crippen molar-refractivity contribution in [2.45, 2.75) is 12.8 Å². The Balaban J connectivity index is 1.44. The van der Waals surface area contributed by atoms with Crippen LogP contribution < -0.4 is 14.8 Å². The van der Waals surface area contributed by atoms with Gasteiger partial charge in [0.1, 0.15) is 6.33 Å². The third-order valence-corrected chi connectivity index (χ3v) is 3.92. The standard InChI is InChI=1S/C18H17N5O3/c24-18(10-13-5-6-16-17(9-13)26-8-2-7-25-16)20-14-3-1-4-15(11-14)23-12-19-21-22-23/h1,3-6,9,11-12H,2,7-8,10H2,(H,20,24). The Labute approximate surface area is 149 Å². The first-order valence-electron chi connectivity index (χ1n) is 8.30. The summed E-state index contributed by atoms with van der Waals surface area (Å²) < 4.78 is 12.8. The van der Waals surface area contributed by atoms with E-state index in [-0.39, 0.29) is 12.3 Å². The molecule has 1 aromatic heterocycles. The Morgan fingerprint density at radius 2 is 2.00 bits per heavy atom. The molecular formula is C18H17N5O3. The fraction of sp³-hybridized carbons (Fsp3) is 0.222. The van der Waals surface area contributed by atoms with E-state index in [2.05, 4.69) is 20.8 Å². The molecule has 4 rings (SSSR count). The normalized spacial score (nSPS) is 13.1. The summed E-state index contributed by atoms with van der Waals surface area (Å²) in [6.45, 7) is 1.26. The number of hydrogen-bond donors (Lipinski definition) is 1. The first kappa shape index (κ1) is 16.1. The number of rotatable bonds is 4. The van der Waals surface area contributed by atoms with Crippen molar-refractivity contribution in [2.24, 2.45) is 0 Å². The van der Waals surface area contributed by atoms with Crippen LogP contribution in [0.3, 0.4) is 0 Å². The van der Waals surface area contributed by atoms with Crippen LogP contribution in [0.25, 0.3) is 5.69 Å². The van der Waals surface area contributed by atoms with Gasteiger partial charge >= 0.3 is 0 Å². The molecule has 0 fully saturated rings. The molecule has 0 atom stereocenters. The molecule has 26 heavy (non-hydrogen) atoms. The molecule has 0 bridgehead atoms. The fourth-order valence-corrected chi connectivity index (χ4v) is 2.71. The number of anilines is 1. The molecular weight excluding hydrogens is 334 g/mol. The van der Waals surface area contributed by atoms with Gasteiger partial charge in [0.05, 0.1) is 25.3 Å². The predicted molar refractivity (Wildman–Crippen MR) is 93.5 cm³/mol. The van der Waals surface area contributed by atoms with E-state index in [0.717, 1.165) is 23.4 Å². The topological polar surface area (TPSA) is 91.2 Å². The van der Waals surface area contributed by atoms with E-state index in [9.17, 15) is 4.79 Å². The van der Waals surface area contributed by atoms with Crippen LogP contribution in [0, 0.1) is 0 Å². The second kappa shape index (κ2) is 7.22. The van der Waals surface area contributed by atoms with Crippen LogP contribution >= 0.6 is 0 Å². The Bertz CT molecular complexity index is 911. The first-order valence-corrected chi connectivity index (χ1v) is 8.30. The second-order valence-electron chi connectivity index (χ2n) is 5.86. The molecule has 0 radical (unpaired) electrons. The third kappa shape index (κ3) is 3.64. The lowest BCUT2D eigenvalue weighted by Gasteiger charge is -2.10. The minimum Gasteiger partial charge on any atom is -0.490 e. The zero-order valence-corrected chi connectivity index (χ0v) is 14.0. The maximum Gasteiger partial charge on any atom is 0.228 e. The smallest absolute Gasteiger partial charge is 0.228 e. The lowest BCUT2D eigenvalue weighted by molar-refractivity contribution is -0.115. The number of ether oxygens (including phenoxy) is 2. The van der Waals surface area contributed by atoms with Crippen LogP contribution in [0.5, 0.6) is 11.5 Å². The van der Waals surface area contributed by atoms with Gasteiger partial charge in [-0.15, -0.1) is 5.10 Å². The largest absolute Gasteiger partial charge is 0.490 e. The van der Waals surface area contributed by atoms with Gasteiger partial charge in [0.15, 0.2) is 11.5 Å². The average Bonchev–Trinajstić information content (AvgIpc) is 3.08. The molecule has 2 heterocycles. The molecule has 0 spiro atoms. The number of tetrazole rings is 1. The maximum atomic E-state index is 12.4. The van der Waals surface area contributed by atoms with Crippen LogP contribution in [0.2, 0.25) is 0 Å². The van der Waals surface area contributed by atoms with E-state index < -0.39 is 0 Å². The number of aromatic nitrogens is 4. The van der Waals surface area contributed by atoms with E-state index in [1.807, 2.05) is 42.5 Å². The molecule has 1 aliphatic rings. The van der Waals surface area contributed by atoms with Crippen molar-refractivity contribution < 1.29 is 14.3 Å². The Hall–Kier alpha value is -3.42. The summed E-state index contributed by atoms with van der Waals surface area (Å²) in [6.07, 6.45) is 2.59. The molecule has 132 valence electrons. The molecule has 0 saturated heterocycles. The van der Waals surface area contributed by atoms with Crippen LogP contribution in [0.4, 0.5) is 5.69 Å². The van der Waals surface area contributed by atoms with Crippen molar-refractivity contribution in [1.82, 2.24) is 20.2 Å². The van der Waals surface area contributed by atoms with Crippen molar-refractivity contribution >= 4 is 11.6 Å². The van der Waals surface area contributed by atoms with Crippen LogP contribution in [0.1, 0.15) is 12.0 Å². The number of carbonyl (C=O) groups is 1. The van der Waals surface area contributed by atoms with Gasteiger partial charge in [-0.3, -0.25) is 4.79 Å². The highest BCUT2D eigenvalue weighted by molar-refractivity contribution is 5.92. The van der Waals surface area contributed by atoms with Gasteiger partial charge in [-0.25, -0.2) is 4.68 Å². The number of hydrogen-bond acceptors (Lipinski definition) is 6. The number of amides is 1. The first-order chi connectivity index (χ1) is 12.8. The minimum absolute atomic E-state index is 0.117. The maximum absolute atomic E-state index is 12.4. The monoisotopic (exact) mass is 351 g/mol. The summed E-state index contributed by atoms with van der Waals surface area (Å²) in [4.78, 5) is 12.4. The Morgan fingerprint density at radius 3 is 2.85 bits per heavy atom. The summed E-state index contributed by atoms with van der Waals surface area (Å²) in [5, 5.41) is 14.0. The van der Waals surface area contributed by atoms with Gasteiger partial charge < -0.3 is 14.8 Å². The average molecular weight is 351 g/mol. The minimum atomic E-state index is -0.117. The van der Waals surface area contributed by atoms with Gasteiger partial charge in [0.2, 0.25) is 5.91 Å². The van der Waals surface area contributed by atoms with E-state index in [0.29, 0.717) is 24.7 Å². The zero-order valence-electron chi connectivity index (χ0n) is 14.0. The van der Waals surface area contributed by atoms with Gasteiger partial charge in [-0.2, -0.15) is 0 Å². The summed E-state index contributed by atoms with van der Waals surface area (Å²) in [7, 11) is 0. The summed E-state index contributed by atoms with van der Waals surface area (Å²) in [5.41, 5.74) is 2.31. The van der Waals surface area contributed by atoms with E-state index >= 15 is 0 Å². The highest BCUT2D eigenvalue weighted by Crippen LogP contribution is 2.30. The highest BCUT2D eigenvalue weighted by Gasteiger charge is 2.12. The lowest BCUT2D eigenvalue weighted by atomic mass is 10.1. The van der Waals surface area contributed by atoms with E-state index in [1.165, 1.54) is 11.0 Å². The zero-order chi connectivity index (χ0) is 17.8. The number of nitrogens with one attached hydrogen (secondary N) is 1. The molecule has 0 saturated carbocycles. The highest BCUT2D eigenvalue weighted by atomic mass is 16.5. The van der Waals surface area contributed by atoms with Gasteiger partial charge in [0, 0.05) is 12.1 Å². The Kier molecular flexibility index (Phi) is 4.46. The molecule has 8 heteroatoms. The molecule has 0 aliphatic carbocycles. The van der Waals surface area contributed by atoms with Crippen molar-refractivity contribution in [1.29, 1.82) is 0 Å². The molecule has 1 aliphatic heterocycles. The van der Waals surface area contributed by atoms with E-state index in [4.69, 9.17) is 9.47 Å². The van der Waals surface area contributed by atoms with Crippen LogP contribution in [-0.4, -0.2) is 39.3 Å². The van der Waals surface area contributed by atoms with Crippen molar-refractivity contribution in [3.05, 3.63) is 54.4 Å². The van der Waals surface area contributed by atoms with Crippen molar-refractivity contribution in [3.8, 4) is 17.2 Å². The summed E-state index contributed by atoms with van der Waals surface area (Å²) in [5.74, 6) is 1.29. The molecule has 0 unspecified atom stereocenters. The van der Waals surface area contributed by atoms with Crippen molar-refractivity contribution in [3.63, 3.8) is 0 Å². The van der Waals surface area contributed by atoms with Gasteiger partial charge in [-0.05, 0) is 46.3 Å². The van der Waals surface area contributed by atoms with Gasteiger partial charge in [-0.1, -0.05) is 12.1 Å². The molecule has 1 N–H and O–H groups in total. The van der Waals surface area contributed by atoms with Crippen molar-refractivity contribution in [2.75, 3.05) is 18.5 Å². The van der Waals surface area contributed by atoms with Gasteiger partial charge in [0.25, 0.3) is 0 Å². The predicted octanol–water partition coefficient (Wildman–Crippen LogP) is 2.00. The Morgan fingerprint density at radius 1 is 1.12 bits per heavy atom. The summed E-state index contributed by atoms with van der Waals surface area (Å²) in [6, 6.07) is 12.9. The SMILES string of the molecule is O=C(Cc1ccc2c(c1)OCCCO2)Nc1cccc(-n2cnnn2)c1. The molecule has 3 aromatic rings. The number of nitrogens with zero attached hydrogens (tertiary/aromatic N) is 4. The summed E-state index contributed by atoms with van der Waals surface area (Å²) >= 11 is 0. The molecule has 2 aromatic carbocycles. The number of carbonyl (C=O) groups excluding carboxylic acids is 1. The number of fused-ring (bicyclic) bond motifs is 1. The number of benzene rings is 2. The quantitative estimate of drug-likeness (QED) is 0.773. The molecule has 1 amide bonds. The third-order valence-electron chi connectivity index (χ3n) is 3.92. The van der Waals surface area contributed by atoms with E-state index in [1.54, 1.807) is 0 Å². The van der Waals surface area contributed by atoms with Crippen LogP contribution in [-0.2, 0) is 11.2 Å². The lowest BCUT2D eigenvalue weighted by Crippen LogP contribution is -2.14. The second-order valence-corrected chi connectivity index (χ2v) is 5.86. The molecule has 8 nitrogen and oxygen atoms in total. The fourth-order valence-electron chi connectivity index (χ4n) is 2.71. The van der Waals surface area contributed by atoms with Crippen LogP contribution in [0.15, 0.2) is 48.8 Å².